The molecule has 1 fully saturated rings. The van der Waals surface area contributed by atoms with Gasteiger partial charge in [0.15, 0.2) is 0 Å². The molecule has 1 amide bonds. The van der Waals surface area contributed by atoms with E-state index in [1.54, 1.807) is 12.3 Å². The first-order chi connectivity index (χ1) is 10.7. The predicted molar refractivity (Wildman–Crippen MR) is 79.1 cm³/mol. The first-order valence-electron chi connectivity index (χ1n) is 7.28. The SMILES string of the molecule is COC(=O)c1cncc(C2=CCN(C(=O)C3COC3)CC2)c1. The summed E-state index contributed by atoms with van der Waals surface area (Å²) in [6.07, 6.45) is 6.01. The second kappa shape index (κ2) is 6.27. The van der Waals surface area contributed by atoms with Gasteiger partial charge in [0.25, 0.3) is 0 Å². The molecule has 2 aliphatic rings. The van der Waals surface area contributed by atoms with Gasteiger partial charge in [-0.05, 0) is 23.6 Å². The Morgan fingerprint density at radius 2 is 2.18 bits per heavy atom. The maximum Gasteiger partial charge on any atom is 0.339 e. The molecule has 0 bridgehead atoms. The van der Waals surface area contributed by atoms with Crippen LogP contribution < -0.4 is 0 Å². The highest BCUT2D eigenvalue weighted by atomic mass is 16.5. The van der Waals surface area contributed by atoms with Crippen molar-refractivity contribution >= 4 is 17.4 Å². The van der Waals surface area contributed by atoms with Crippen LogP contribution in [0.4, 0.5) is 0 Å². The summed E-state index contributed by atoms with van der Waals surface area (Å²) in [5.41, 5.74) is 2.44. The average Bonchev–Trinajstić information content (AvgIpc) is 2.52. The van der Waals surface area contributed by atoms with Gasteiger partial charge in [-0.2, -0.15) is 0 Å². The zero-order chi connectivity index (χ0) is 15.5. The van der Waals surface area contributed by atoms with E-state index in [1.807, 2.05) is 11.0 Å². The van der Waals surface area contributed by atoms with Gasteiger partial charge in [-0.3, -0.25) is 9.78 Å². The molecule has 0 spiro atoms. The summed E-state index contributed by atoms with van der Waals surface area (Å²) in [5.74, 6) is -0.199. The minimum absolute atomic E-state index is 0.0271. The van der Waals surface area contributed by atoms with Crippen molar-refractivity contribution in [2.75, 3.05) is 33.4 Å². The Bertz CT molecular complexity index is 622. The largest absolute Gasteiger partial charge is 0.465 e. The molecule has 0 N–H and O–H groups in total. The highest BCUT2D eigenvalue weighted by Gasteiger charge is 2.31. The minimum Gasteiger partial charge on any atom is -0.465 e. The fourth-order valence-electron chi connectivity index (χ4n) is 2.61. The molecule has 3 rings (SSSR count). The molecule has 6 heteroatoms. The standard InChI is InChI=1S/C16H18N2O4/c1-21-16(20)13-6-12(7-17-8-13)11-2-4-18(5-3-11)15(19)14-9-22-10-14/h2,6-8,14H,3-5,9-10H2,1H3. The van der Waals surface area contributed by atoms with E-state index in [-0.39, 0.29) is 11.8 Å². The lowest BCUT2D eigenvalue weighted by molar-refractivity contribution is -0.149. The fourth-order valence-corrected chi connectivity index (χ4v) is 2.61. The number of carbonyl (C=O) groups excluding carboxylic acids is 2. The minimum atomic E-state index is -0.396. The summed E-state index contributed by atoms with van der Waals surface area (Å²) in [6.45, 7) is 2.35. The van der Waals surface area contributed by atoms with E-state index in [0.29, 0.717) is 31.9 Å². The van der Waals surface area contributed by atoms with Crippen molar-refractivity contribution in [3.8, 4) is 0 Å². The first kappa shape index (κ1) is 14.7. The molecule has 0 atom stereocenters. The van der Waals surface area contributed by atoms with Gasteiger partial charge in [0.05, 0.1) is 31.8 Å². The van der Waals surface area contributed by atoms with Gasteiger partial charge in [-0.15, -0.1) is 0 Å². The molecule has 6 nitrogen and oxygen atoms in total. The third kappa shape index (κ3) is 2.87. The van der Waals surface area contributed by atoms with Crippen LogP contribution in [0.2, 0.25) is 0 Å². The molecule has 1 aromatic heterocycles. The quantitative estimate of drug-likeness (QED) is 0.783. The number of amides is 1. The number of esters is 1. The normalized spacial score (nSPS) is 18.4. The Morgan fingerprint density at radius 1 is 1.36 bits per heavy atom. The van der Waals surface area contributed by atoms with Crippen LogP contribution >= 0.6 is 0 Å². The molecule has 1 saturated heterocycles. The predicted octanol–water partition coefficient (Wildman–Crippen LogP) is 1.13. The number of methoxy groups -OCH3 is 1. The number of hydrogen-bond acceptors (Lipinski definition) is 5. The topological polar surface area (TPSA) is 68.7 Å². The Kier molecular flexibility index (Phi) is 4.20. The van der Waals surface area contributed by atoms with Crippen LogP contribution in [0, 0.1) is 5.92 Å². The molecule has 3 heterocycles. The molecule has 0 unspecified atom stereocenters. The number of rotatable bonds is 3. The van der Waals surface area contributed by atoms with Crippen molar-refractivity contribution in [2.24, 2.45) is 5.92 Å². The first-order valence-corrected chi connectivity index (χ1v) is 7.28. The van der Waals surface area contributed by atoms with Gasteiger partial charge < -0.3 is 14.4 Å². The molecule has 2 aliphatic heterocycles. The number of nitrogens with zero attached hydrogens (tertiary/aromatic N) is 2. The lowest BCUT2D eigenvalue weighted by Crippen LogP contribution is -2.46. The Balaban J connectivity index is 1.70. The summed E-state index contributed by atoms with van der Waals surface area (Å²) >= 11 is 0. The van der Waals surface area contributed by atoms with Crippen molar-refractivity contribution in [2.45, 2.75) is 6.42 Å². The molecule has 0 radical (unpaired) electrons. The van der Waals surface area contributed by atoms with E-state index in [1.165, 1.54) is 13.3 Å². The molecule has 116 valence electrons. The van der Waals surface area contributed by atoms with E-state index >= 15 is 0 Å². The van der Waals surface area contributed by atoms with Crippen LogP contribution in [0.3, 0.4) is 0 Å². The van der Waals surface area contributed by atoms with E-state index in [9.17, 15) is 9.59 Å². The Morgan fingerprint density at radius 3 is 2.77 bits per heavy atom. The van der Waals surface area contributed by atoms with Gasteiger partial charge in [-0.1, -0.05) is 6.08 Å². The van der Waals surface area contributed by atoms with Gasteiger partial charge in [0, 0.05) is 25.5 Å². The van der Waals surface area contributed by atoms with Gasteiger partial charge in [0.2, 0.25) is 5.91 Å². The maximum absolute atomic E-state index is 12.1. The molecule has 22 heavy (non-hydrogen) atoms. The highest BCUT2D eigenvalue weighted by Crippen LogP contribution is 2.24. The van der Waals surface area contributed by atoms with Crippen molar-refractivity contribution in [3.05, 3.63) is 35.7 Å². The second-order valence-corrected chi connectivity index (χ2v) is 5.45. The average molecular weight is 302 g/mol. The van der Waals surface area contributed by atoms with E-state index < -0.39 is 5.97 Å². The van der Waals surface area contributed by atoms with Crippen molar-refractivity contribution in [3.63, 3.8) is 0 Å². The van der Waals surface area contributed by atoms with Crippen LogP contribution in [0.25, 0.3) is 5.57 Å². The summed E-state index contributed by atoms with van der Waals surface area (Å²) in [5, 5.41) is 0. The Labute approximate surface area is 128 Å². The van der Waals surface area contributed by atoms with Crippen LogP contribution in [-0.2, 0) is 14.3 Å². The third-order valence-electron chi connectivity index (χ3n) is 4.04. The van der Waals surface area contributed by atoms with Crippen molar-refractivity contribution in [1.82, 2.24) is 9.88 Å². The Hall–Kier alpha value is -2.21. The number of hydrogen-bond donors (Lipinski definition) is 0. The summed E-state index contributed by atoms with van der Waals surface area (Å²) in [6, 6.07) is 1.78. The molecular formula is C16H18N2O4. The second-order valence-electron chi connectivity index (χ2n) is 5.45. The summed E-state index contributed by atoms with van der Waals surface area (Å²) < 4.78 is 9.78. The lowest BCUT2D eigenvalue weighted by Gasteiger charge is -2.33. The van der Waals surface area contributed by atoms with E-state index in [0.717, 1.165) is 17.6 Å². The van der Waals surface area contributed by atoms with E-state index in [2.05, 4.69) is 4.98 Å². The van der Waals surface area contributed by atoms with Gasteiger partial charge in [0.1, 0.15) is 0 Å². The van der Waals surface area contributed by atoms with Crippen LogP contribution in [0.15, 0.2) is 24.5 Å². The molecular weight excluding hydrogens is 284 g/mol. The van der Waals surface area contributed by atoms with Crippen molar-refractivity contribution in [1.29, 1.82) is 0 Å². The summed E-state index contributed by atoms with van der Waals surface area (Å²) in [4.78, 5) is 29.7. The molecule has 0 saturated carbocycles. The number of ether oxygens (including phenoxy) is 2. The molecule has 0 aliphatic carbocycles. The van der Waals surface area contributed by atoms with Gasteiger partial charge >= 0.3 is 5.97 Å². The molecule has 1 aromatic rings. The van der Waals surface area contributed by atoms with Crippen molar-refractivity contribution < 1.29 is 19.1 Å². The fraction of sp³-hybridized carbons (Fsp3) is 0.438. The van der Waals surface area contributed by atoms with Crippen LogP contribution in [0.5, 0.6) is 0 Å². The molecule has 0 aromatic carbocycles. The monoisotopic (exact) mass is 302 g/mol. The summed E-state index contributed by atoms with van der Waals surface area (Å²) in [7, 11) is 1.35. The highest BCUT2D eigenvalue weighted by molar-refractivity contribution is 5.90. The van der Waals surface area contributed by atoms with Gasteiger partial charge in [-0.25, -0.2) is 4.79 Å². The zero-order valence-electron chi connectivity index (χ0n) is 12.4. The maximum atomic E-state index is 12.1. The number of carbonyl (C=O) groups is 2. The van der Waals surface area contributed by atoms with Crippen LogP contribution in [0.1, 0.15) is 22.3 Å². The number of pyridine rings is 1. The van der Waals surface area contributed by atoms with E-state index in [4.69, 9.17) is 9.47 Å². The number of aromatic nitrogens is 1. The third-order valence-corrected chi connectivity index (χ3v) is 4.04. The zero-order valence-corrected chi connectivity index (χ0v) is 12.4. The smallest absolute Gasteiger partial charge is 0.339 e. The lowest BCUT2D eigenvalue weighted by atomic mass is 9.98. The van der Waals surface area contributed by atoms with Crippen LogP contribution in [-0.4, -0.2) is 55.2 Å².